The van der Waals surface area contributed by atoms with E-state index < -0.39 is 6.10 Å². The Balaban J connectivity index is 4.25. The minimum atomic E-state index is -0.762. The number of carbonyl (C=O) groups is 3. The lowest BCUT2D eigenvalue weighted by atomic mass is 9.99. The second-order valence-corrected chi connectivity index (χ2v) is 20.2. The van der Waals surface area contributed by atoms with Crippen molar-refractivity contribution in [1.29, 1.82) is 0 Å². The van der Waals surface area contributed by atoms with Crippen molar-refractivity contribution in [2.24, 2.45) is 5.92 Å². The van der Waals surface area contributed by atoms with Crippen LogP contribution in [-0.2, 0) is 28.6 Å². The first-order valence-corrected chi connectivity index (χ1v) is 28.9. The largest absolute Gasteiger partial charge is 0.462 e. The van der Waals surface area contributed by atoms with Gasteiger partial charge in [0.2, 0.25) is 0 Å². The second kappa shape index (κ2) is 52.4. The molecule has 0 saturated carbocycles. The van der Waals surface area contributed by atoms with E-state index in [1.54, 1.807) is 0 Å². The van der Waals surface area contributed by atoms with Crippen LogP contribution in [0.15, 0.2) is 0 Å². The van der Waals surface area contributed by atoms with Crippen LogP contribution in [0.1, 0.15) is 329 Å². The summed E-state index contributed by atoms with van der Waals surface area (Å²) in [6.45, 7) is 9.06. The van der Waals surface area contributed by atoms with Crippen LogP contribution in [0.3, 0.4) is 0 Å². The Morgan fingerprint density at radius 3 is 0.812 bits per heavy atom. The smallest absolute Gasteiger partial charge is 0.306 e. The normalized spacial score (nSPS) is 12.4. The third-order valence-corrected chi connectivity index (χ3v) is 13.7. The van der Waals surface area contributed by atoms with Gasteiger partial charge in [-0.25, -0.2) is 0 Å². The van der Waals surface area contributed by atoms with E-state index in [4.69, 9.17) is 14.2 Å². The molecule has 0 rings (SSSR count). The van der Waals surface area contributed by atoms with Crippen LogP contribution in [-0.4, -0.2) is 37.2 Å². The highest BCUT2D eigenvalue weighted by Crippen LogP contribution is 2.18. The van der Waals surface area contributed by atoms with Gasteiger partial charge in [-0.3, -0.25) is 14.4 Å². The van der Waals surface area contributed by atoms with Gasteiger partial charge in [0, 0.05) is 19.3 Å². The number of ether oxygens (including phenoxy) is 3. The third kappa shape index (κ3) is 49.8. The van der Waals surface area contributed by atoms with E-state index in [9.17, 15) is 14.4 Å². The van der Waals surface area contributed by atoms with E-state index in [-0.39, 0.29) is 31.1 Å². The number of unbranched alkanes of at least 4 members (excludes halogenated alkanes) is 39. The van der Waals surface area contributed by atoms with Gasteiger partial charge >= 0.3 is 17.9 Å². The molecule has 0 amide bonds. The zero-order chi connectivity index (χ0) is 46.7. The van der Waals surface area contributed by atoms with Crippen LogP contribution in [0.4, 0.5) is 0 Å². The van der Waals surface area contributed by atoms with Crippen molar-refractivity contribution in [3.05, 3.63) is 0 Å². The van der Waals surface area contributed by atoms with Crippen molar-refractivity contribution in [3.63, 3.8) is 0 Å². The first-order valence-electron chi connectivity index (χ1n) is 28.9. The molecule has 380 valence electrons. The molecule has 0 aromatic carbocycles. The monoisotopic (exact) mass is 905 g/mol. The maximum atomic E-state index is 12.8. The van der Waals surface area contributed by atoms with Gasteiger partial charge in [0.1, 0.15) is 13.2 Å². The number of hydrogen-bond donors (Lipinski definition) is 0. The van der Waals surface area contributed by atoms with Gasteiger partial charge in [-0.05, 0) is 25.2 Å². The Bertz CT molecular complexity index is 966. The summed E-state index contributed by atoms with van der Waals surface area (Å²) in [6.07, 6.45) is 56.6. The Morgan fingerprint density at radius 2 is 0.547 bits per heavy atom. The number of hydrogen-bond acceptors (Lipinski definition) is 6. The molecule has 0 aliphatic rings. The molecule has 1 unspecified atom stereocenters. The Kier molecular flexibility index (Phi) is 51.1. The summed E-state index contributed by atoms with van der Waals surface area (Å²) in [5, 5.41) is 0. The zero-order valence-corrected chi connectivity index (χ0v) is 43.8. The SMILES string of the molecule is CCCCCCCCCCCCCCCCCCCCCC(=O)OC[C@@H](COC(=O)CCCCCCCCCCCCCCCCC)OC(=O)CCCCCCCCCCC(C)CC. The van der Waals surface area contributed by atoms with E-state index in [2.05, 4.69) is 27.7 Å². The molecule has 0 saturated heterocycles. The molecule has 0 fully saturated rings. The highest BCUT2D eigenvalue weighted by Gasteiger charge is 2.19. The molecular weight excluding hydrogens is 793 g/mol. The lowest BCUT2D eigenvalue weighted by molar-refractivity contribution is -0.167. The lowest BCUT2D eigenvalue weighted by Gasteiger charge is -2.18. The average molecular weight is 906 g/mol. The summed E-state index contributed by atoms with van der Waals surface area (Å²) >= 11 is 0. The van der Waals surface area contributed by atoms with E-state index in [1.807, 2.05) is 0 Å². The molecule has 0 aliphatic heterocycles. The van der Waals surface area contributed by atoms with Gasteiger partial charge < -0.3 is 14.2 Å². The predicted molar refractivity (Wildman–Crippen MR) is 275 cm³/mol. The molecule has 6 nitrogen and oxygen atoms in total. The van der Waals surface area contributed by atoms with E-state index in [1.165, 1.54) is 225 Å². The van der Waals surface area contributed by atoms with Crippen LogP contribution in [0.25, 0.3) is 0 Å². The fourth-order valence-corrected chi connectivity index (χ4v) is 8.89. The summed E-state index contributed by atoms with van der Waals surface area (Å²) in [5.74, 6) is 0.00624. The zero-order valence-electron chi connectivity index (χ0n) is 43.8. The topological polar surface area (TPSA) is 78.9 Å². The predicted octanol–water partition coefficient (Wildman–Crippen LogP) is 19.0. The molecule has 0 aromatic rings. The maximum Gasteiger partial charge on any atom is 0.306 e. The number of esters is 3. The fraction of sp³-hybridized carbons (Fsp3) is 0.948. The number of carbonyl (C=O) groups excluding carboxylic acids is 3. The molecule has 2 atom stereocenters. The first kappa shape index (κ1) is 62.4. The molecule has 0 N–H and O–H groups in total. The van der Waals surface area contributed by atoms with Gasteiger partial charge in [0.25, 0.3) is 0 Å². The molecule has 0 aromatic heterocycles. The molecule has 0 aliphatic carbocycles. The highest BCUT2D eigenvalue weighted by molar-refractivity contribution is 5.71. The van der Waals surface area contributed by atoms with Crippen molar-refractivity contribution >= 4 is 17.9 Å². The molecule has 0 spiro atoms. The van der Waals surface area contributed by atoms with Gasteiger partial charge in [0.05, 0.1) is 0 Å². The lowest BCUT2D eigenvalue weighted by Crippen LogP contribution is -2.30. The van der Waals surface area contributed by atoms with Gasteiger partial charge in [0.15, 0.2) is 6.10 Å². The van der Waals surface area contributed by atoms with Crippen molar-refractivity contribution in [1.82, 2.24) is 0 Å². The van der Waals surface area contributed by atoms with Crippen molar-refractivity contribution in [3.8, 4) is 0 Å². The first-order chi connectivity index (χ1) is 31.4. The Labute approximate surface area is 399 Å². The van der Waals surface area contributed by atoms with Crippen LogP contribution in [0, 0.1) is 5.92 Å². The van der Waals surface area contributed by atoms with Gasteiger partial charge in [-0.15, -0.1) is 0 Å². The summed E-state index contributed by atoms with van der Waals surface area (Å²) in [4.78, 5) is 38.1. The van der Waals surface area contributed by atoms with E-state index in [0.717, 1.165) is 63.7 Å². The average Bonchev–Trinajstić information content (AvgIpc) is 3.29. The summed E-state index contributed by atoms with van der Waals surface area (Å²) < 4.78 is 16.9. The van der Waals surface area contributed by atoms with Crippen molar-refractivity contribution < 1.29 is 28.6 Å². The molecule has 0 heterocycles. The Hall–Kier alpha value is -1.59. The van der Waals surface area contributed by atoms with Crippen LogP contribution < -0.4 is 0 Å². The summed E-state index contributed by atoms with van der Waals surface area (Å²) in [5.41, 5.74) is 0. The fourth-order valence-electron chi connectivity index (χ4n) is 8.89. The van der Waals surface area contributed by atoms with Crippen molar-refractivity contribution in [2.75, 3.05) is 13.2 Å². The number of rotatable bonds is 53. The summed E-state index contributed by atoms with van der Waals surface area (Å²) in [7, 11) is 0. The summed E-state index contributed by atoms with van der Waals surface area (Å²) in [6, 6.07) is 0. The standard InChI is InChI=1S/C58H112O6/c1-5-8-10-12-14-16-18-20-22-23-24-25-27-29-31-33-38-42-46-50-57(60)63-53-55(64-58(61)51-47-43-39-35-34-36-40-44-48-54(4)7-3)52-62-56(59)49-45-41-37-32-30-28-26-21-19-17-15-13-11-9-6-2/h54-55H,5-53H2,1-4H3/t54?,55-/m1/s1. The van der Waals surface area contributed by atoms with Gasteiger partial charge in [-0.1, -0.05) is 291 Å². The van der Waals surface area contributed by atoms with Crippen LogP contribution in [0.5, 0.6) is 0 Å². The minimum absolute atomic E-state index is 0.0625. The second-order valence-electron chi connectivity index (χ2n) is 20.2. The van der Waals surface area contributed by atoms with Crippen LogP contribution in [0.2, 0.25) is 0 Å². The molecule has 0 radical (unpaired) electrons. The minimum Gasteiger partial charge on any atom is -0.462 e. The molecular formula is C58H112O6. The Morgan fingerprint density at radius 1 is 0.312 bits per heavy atom. The van der Waals surface area contributed by atoms with E-state index >= 15 is 0 Å². The molecule has 64 heavy (non-hydrogen) atoms. The van der Waals surface area contributed by atoms with E-state index in [0.29, 0.717) is 19.3 Å². The maximum absolute atomic E-state index is 12.8. The third-order valence-electron chi connectivity index (χ3n) is 13.7. The van der Waals surface area contributed by atoms with Crippen LogP contribution >= 0.6 is 0 Å². The quantitative estimate of drug-likeness (QED) is 0.0344. The molecule has 0 bridgehead atoms. The van der Waals surface area contributed by atoms with Crippen molar-refractivity contribution in [2.45, 2.75) is 336 Å². The van der Waals surface area contributed by atoms with Gasteiger partial charge in [-0.2, -0.15) is 0 Å². The highest BCUT2D eigenvalue weighted by atomic mass is 16.6. The molecule has 6 heteroatoms.